The summed E-state index contributed by atoms with van der Waals surface area (Å²) in [6.07, 6.45) is 2.93. The second-order valence-electron chi connectivity index (χ2n) is 5.52. The highest BCUT2D eigenvalue weighted by atomic mass is 35.5. The van der Waals surface area contributed by atoms with Gasteiger partial charge in [0.15, 0.2) is 5.76 Å². The summed E-state index contributed by atoms with van der Waals surface area (Å²) >= 11 is 0. The first kappa shape index (κ1) is 20.1. The molecule has 0 bridgehead atoms. The Hall–Kier alpha value is -3.26. The first-order chi connectivity index (χ1) is 12.5. The Kier molecular flexibility index (Phi) is 6.25. The molecule has 0 unspecified atom stereocenters. The third-order valence-electron chi connectivity index (χ3n) is 3.71. The van der Waals surface area contributed by atoms with E-state index in [0.29, 0.717) is 11.1 Å². The molecule has 1 atom stereocenters. The van der Waals surface area contributed by atoms with E-state index in [-0.39, 0.29) is 29.4 Å². The smallest absolute Gasteiger partial charge is 0.341 e. The SMILES string of the molecule is C[C@@H](NC(=O)c1cccnc1)c1onc(-c2ccc(F)cc2)c1C(=O)O.Cl. The number of pyridine rings is 1. The van der Waals surface area contributed by atoms with Crippen LogP contribution in [-0.4, -0.2) is 27.1 Å². The van der Waals surface area contributed by atoms with Crippen molar-refractivity contribution in [2.24, 2.45) is 0 Å². The van der Waals surface area contributed by atoms with Crippen LogP contribution in [0.4, 0.5) is 4.39 Å². The molecule has 0 radical (unpaired) electrons. The quantitative estimate of drug-likeness (QED) is 0.689. The number of rotatable bonds is 5. The standard InChI is InChI=1S/C18H14FN3O4.ClH/c1-10(21-17(23)12-3-2-8-20-9-12)16-14(18(24)25)15(22-26-16)11-4-6-13(19)7-5-11;/h2-10H,1H3,(H,21,23)(H,24,25);1H/t10-;/m1./s1. The lowest BCUT2D eigenvalue weighted by molar-refractivity contribution is 0.0692. The van der Waals surface area contributed by atoms with Crippen molar-refractivity contribution in [1.82, 2.24) is 15.5 Å². The fraction of sp³-hybridized carbons (Fsp3) is 0.111. The maximum Gasteiger partial charge on any atom is 0.341 e. The van der Waals surface area contributed by atoms with Crippen LogP contribution in [-0.2, 0) is 0 Å². The van der Waals surface area contributed by atoms with E-state index in [1.807, 2.05) is 0 Å². The van der Waals surface area contributed by atoms with Gasteiger partial charge in [0, 0.05) is 18.0 Å². The lowest BCUT2D eigenvalue weighted by Crippen LogP contribution is -2.27. The molecule has 3 rings (SSSR count). The molecule has 0 saturated heterocycles. The normalized spacial score (nSPS) is 11.3. The molecule has 140 valence electrons. The molecule has 7 nitrogen and oxygen atoms in total. The summed E-state index contributed by atoms with van der Waals surface area (Å²) in [5.41, 5.74) is 0.602. The van der Waals surface area contributed by atoms with Crippen LogP contribution in [0.25, 0.3) is 11.3 Å². The molecule has 0 spiro atoms. The van der Waals surface area contributed by atoms with Crippen LogP contribution in [0, 0.1) is 5.82 Å². The molecular formula is C18H15ClFN3O4. The number of carboxylic acids is 1. The van der Waals surface area contributed by atoms with Crippen LogP contribution >= 0.6 is 12.4 Å². The summed E-state index contributed by atoms with van der Waals surface area (Å²) in [4.78, 5) is 27.8. The van der Waals surface area contributed by atoms with E-state index in [1.54, 1.807) is 19.1 Å². The molecule has 2 N–H and O–H groups in total. The van der Waals surface area contributed by atoms with Crippen LogP contribution < -0.4 is 5.32 Å². The van der Waals surface area contributed by atoms with Crippen molar-refractivity contribution in [3.63, 3.8) is 0 Å². The Morgan fingerprint density at radius 1 is 1.22 bits per heavy atom. The first-order valence-electron chi connectivity index (χ1n) is 7.67. The van der Waals surface area contributed by atoms with Gasteiger partial charge < -0.3 is 14.9 Å². The second kappa shape index (κ2) is 8.41. The van der Waals surface area contributed by atoms with Crippen molar-refractivity contribution in [3.05, 3.63) is 71.5 Å². The van der Waals surface area contributed by atoms with Gasteiger partial charge in [0.05, 0.1) is 11.6 Å². The number of carbonyl (C=O) groups excluding carboxylic acids is 1. The van der Waals surface area contributed by atoms with E-state index < -0.39 is 23.7 Å². The molecule has 0 fully saturated rings. The predicted molar refractivity (Wildman–Crippen MR) is 96.2 cm³/mol. The minimum absolute atomic E-state index is 0. The summed E-state index contributed by atoms with van der Waals surface area (Å²) in [6, 6.07) is 7.65. The number of carbonyl (C=O) groups is 2. The third-order valence-corrected chi connectivity index (χ3v) is 3.71. The van der Waals surface area contributed by atoms with Crippen LogP contribution in [0.15, 0.2) is 53.3 Å². The van der Waals surface area contributed by atoms with Crippen LogP contribution in [0.1, 0.15) is 39.4 Å². The summed E-state index contributed by atoms with van der Waals surface area (Å²) in [5.74, 6) is -2.15. The van der Waals surface area contributed by atoms with Gasteiger partial charge >= 0.3 is 5.97 Å². The Bertz CT molecular complexity index is 945. The lowest BCUT2D eigenvalue weighted by Gasteiger charge is -2.11. The third kappa shape index (κ3) is 4.29. The topological polar surface area (TPSA) is 105 Å². The van der Waals surface area contributed by atoms with E-state index in [0.717, 1.165) is 0 Å². The summed E-state index contributed by atoms with van der Waals surface area (Å²) in [7, 11) is 0. The van der Waals surface area contributed by atoms with Gasteiger partial charge in [-0.2, -0.15) is 0 Å². The fourth-order valence-electron chi connectivity index (χ4n) is 2.45. The van der Waals surface area contributed by atoms with Gasteiger partial charge in [-0.3, -0.25) is 9.78 Å². The van der Waals surface area contributed by atoms with E-state index in [9.17, 15) is 19.1 Å². The van der Waals surface area contributed by atoms with Crippen LogP contribution in [0.5, 0.6) is 0 Å². The van der Waals surface area contributed by atoms with Crippen molar-refractivity contribution in [2.75, 3.05) is 0 Å². The molecule has 0 saturated carbocycles. The van der Waals surface area contributed by atoms with Gasteiger partial charge in [-0.1, -0.05) is 5.16 Å². The molecule has 9 heteroatoms. The largest absolute Gasteiger partial charge is 0.477 e. The molecule has 0 aliphatic heterocycles. The van der Waals surface area contributed by atoms with Gasteiger partial charge in [-0.25, -0.2) is 9.18 Å². The number of nitrogens with zero attached hydrogens (tertiary/aromatic N) is 2. The molecule has 0 aliphatic carbocycles. The number of hydrogen-bond donors (Lipinski definition) is 2. The molecule has 3 aromatic rings. The van der Waals surface area contributed by atoms with Gasteiger partial charge in [-0.05, 0) is 43.3 Å². The lowest BCUT2D eigenvalue weighted by atomic mass is 10.0. The van der Waals surface area contributed by atoms with E-state index in [4.69, 9.17) is 4.52 Å². The number of carboxylic acid groups (broad SMARTS) is 1. The van der Waals surface area contributed by atoms with Crippen molar-refractivity contribution < 1.29 is 23.6 Å². The molecule has 2 aromatic heterocycles. The van der Waals surface area contributed by atoms with Crippen molar-refractivity contribution >= 4 is 24.3 Å². The zero-order valence-electron chi connectivity index (χ0n) is 14.0. The molecule has 1 aromatic carbocycles. The fourth-order valence-corrected chi connectivity index (χ4v) is 2.45. The highest BCUT2D eigenvalue weighted by Gasteiger charge is 2.28. The number of hydrogen-bond acceptors (Lipinski definition) is 5. The van der Waals surface area contributed by atoms with Gasteiger partial charge in [0.1, 0.15) is 17.1 Å². The summed E-state index contributed by atoms with van der Waals surface area (Å²) < 4.78 is 18.3. The predicted octanol–water partition coefficient (Wildman–Crippen LogP) is 3.49. The maximum atomic E-state index is 13.1. The average Bonchev–Trinajstić information content (AvgIpc) is 3.08. The molecule has 0 aliphatic rings. The summed E-state index contributed by atoms with van der Waals surface area (Å²) in [6.45, 7) is 1.58. The highest BCUT2D eigenvalue weighted by Crippen LogP contribution is 2.29. The monoisotopic (exact) mass is 391 g/mol. The maximum absolute atomic E-state index is 13.1. The second-order valence-corrected chi connectivity index (χ2v) is 5.52. The highest BCUT2D eigenvalue weighted by molar-refractivity contribution is 5.97. The minimum atomic E-state index is -1.26. The number of aromatic nitrogens is 2. The van der Waals surface area contributed by atoms with Gasteiger partial charge in [0.2, 0.25) is 0 Å². The zero-order chi connectivity index (χ0) is 18.7. The Morgan fingerprint density at radius 3 is 2.52 bits per heavy atom. The molecular weight excluding hydrogens is 377 g/mol. The van der Waals surface area contributed by atoms with Crippen LogP contribution in [0.3, 0.4) is 0 Å². The summed E-state index contributed by atoms with van der Waals surface area (Å²) in [5, 5.41) is 16.0. The zero-order valence-corrected chi connectivity index (χ0v) is 14.9. The molecule has 1 amide bonds. The number of nitrogens with one attached hydrogen (secondary N) is 1. The van der Waals surface area contributed by atoms with Gasteiger partial charge in [-0.15, -0.1) is 12.4 Å². The van der Waals surface area contributed by atoms with Gasteiger partial charge in [0.25, 0.3) is 5.91 Å². The van der Waals surface area contributed by atoms with Crippen molar-refractivity contribution in [1.29, 1.82) is 0 Å². The minimum Gasteiger partial charge on any atom is -0.477 e. The average molecular weight is 392 g/mol. The van der Waals surface area contributed by atoms with Crippen molar-refractivity contribution in [3.8, 4) is 11.3 Å². The molecule has 2 heterocycles. The van der Waals surface area contributed by atoms with E-state index in [1.165, 1.54) is 36.7 Å². The first-order valence-corrected chi connectivity index (χ1v) is 7.67. The van der Waals surface area contributed by atoms with Crippen LogP contribution in [0.2, 0.25) is 0 Å². The van der Waals surface area contributed by atoms with E-state index in [2.05, 4.69) is 15.5 Å². The number of benzene rings is 1. The Balaban J connectivity index is 0.00000261. The number of aromatic carboxylic acids is 1. The Morgan fingerprint density at radius 2 is 1.93 bits per heavy atom. The number of halogens is 2. The van der Waals surface area contributed by atoms with Crippen molar-refractivity contribution in [2.45, 2.75) is 13.0 Å². The Labute approximate surface area is 159 Å². The number of amides is 1. The van der Waals surface area contributed by atoms with E-state index >= 15 is 0 Å². The molecule has 27 heavy (non-hydrogen) atoms.